The van der Waals surface area contributed by atoms with Gasteiger partial charge in [0.1, 0.15) is 18.2 Å². The molecule has 0 saturated carbocycles. The number of aliphatic hydroxyl groups excluding tert-OH is 1. The van der Waals surface area contributed by atoms with Crippen LogP contribution >= 0.6 is 0 Å². The molecule has 39 heavy (non-hydrogen) atoms. The number of alkyl halides is 3. The topological polar surface area (TPSA) is 66.3 Å². The van der Waals surface area contributed by atoms with Crippen molar-refractivity contribution in [1.29, 1.82) is 5.26 Å². The number of para-hydroxylation sites is 1. The van der Waals surface area contributed by atoms with Crippen LogP contribution in [0.3, 0.4) is 0 Å². The van der Waals surface area contributed by atoms with E-state index >= 15 is 0 Å². The Kier molecular flexibility index (Phi) is 9.26. The maximum absolute atomic E-state index is 13.4. The summed E-state index contributed by atoms with van der Waals surface area (Å²) in [5.74, 6) is -4.82. The minimum absolute atomic E-state index is 0.0409. The molecule has 2 aliphatic rings. The molecular formula is C29H33F5N4O. The largest absolute Gasteiger partial charge is 0.390 e. The number of nitrogens with one attached hydrogen (secondary N) is 1. The van der Waals surface area contributed by atoms with Gasteiger partial charge in [-0.1, -0.05) is 18.2 Å². The average Bonchev–Trinajstić information content (AvgIpc) is 3.22. The van der Waals surface area contributed by atoms with Crippen molar-refractivity contribution < 1.29 is 27.1 Å². The molecule has 0 radical (unpaired) electrons. The van der Waals surface area contributed by atoms with Gasteiger partial charge in [0.15, 0.2) is 0 Å². The lowest BCUT2D eigenvalue weighted by Crippen LogP contribution is -2.49. The molecule has 2 aliphatic heterocycles. The molecule has 0 amide bonds. The van der Waals surface area contributed by atoms with E-state index in [1.165, 1.54) is 23.1 Å². The molecule has 2 aromatic carbocycles. The summed E-state index contributed by atoms with van der Waals surface area (Å²) < 4.78 is 65.1. The molecule has 0 spiro atoms. The zero-order valence-corrected chi connectivity index (χ0v) is 21.8. The molecule has 5 nitrogen and oxygen atoms in total. The first-order chi connectivity index (χ1) is 18.6. The molecular weight excluding hydrogens is 515 g/mol. The zero-order chi connectivity index (χ0) is 28.2. The molecule has 210 valence electrons. The summed E-state index contributed by atoms with van der Waals surface area (Å²) in [6.07, 6.45) is 1.24. The number of aliphatic hydroxyl groups is 1. The lowest BCUT2D eigenvalue weighted by molar-refractivity contribution is -0.0819. The van der Waals surface area contributed by atoms with Gasteiger partial charge in [0.2, 0.25) is 0 Å². The number of aromatic nitrogens is 1. The maximum Gasteiger partial charge on any atom is 0.283 e. The molecule has 2 unspecified atom stereocenters. The van der Waals surface area contributed by atoms with Crippen molar-refractivity contribution in [2.75, 3.05) is 39.5 Å². The van der Waals surface area contributed by atoms with Crippen molar-refractivity contribution in [2.45, 2.75) is 44.2 Å². The van der Waals surface area contributed by atoms with Gasteiger partial charge in [-0.3, -0.25) is 9.29 Å². The summed E-state index contributed by atoms with van der Waals surface area (Å²) in [6, 6.07) is 13.4. The van der Waals surface area contributed by atoms with Crippen molar-refractivity contribution in [2.24, 2.45) is 5.92 Å². The van der Waals surface area contributed by atoms with Gasteiger partial charge < -0.3 is 15.0 Å². The Morgan fingerprint density at radius 1 is 1.15 bits per heavy atom. The van der Waals surface area contributed by atoms with Crippen LogP contribution in [0, 0.1) is 28.9 Å². The van der Waals surface area contributed by atoms with E-state index in [9.17, 15) is 27.2 Å². The normalized spacial score (nSPS) is 19.1. The number of H-pyrrole nitrogens is 1. The van der Waals surface area contributed by atoms with Gasteiger partial charge in [-0.2, -0.15) is 5.26 Å². The lowest BCUT2D eigenvalue weighted by atomic mass is 9.82. The van der Waals surface area contributed by atoms with Crippen LogP contribution in [-0.4, -0.2) is 71.3 Å². The first-order valence-electron chi connectivity index (χ1n) is 13.1. The Hall–Kier alpha value is -3.00. The summed E-state index contributed by atoms with van der Waals surface area (Å²) in [5.41, 5.74) is 3.69. The molecule has 2 N–H and O–H groups in total. The number of rotatable bonds is 8. The SMILES string of the molecule is CC1Cc2c([nH]c3ccccc23)CN1CC(F)(F)CO.N#CC(c1cc(F)cc(F)c1)C1CN(CCCF)C1. The fraction of sp³-hybridized carbons (Fsp3) is 0.483. The highest BCUT2D eigenvalue weighted by molar-refractivity contribution is 5.84. The molecule has 1 aromatic heterocycles. The van der Waals surface area contributed by atoms with Crippen LogP contribution in [0.25, 0.3) is 10.9 Å². The number of likely N-dealkylation sites (tertiary alicyclic amines) is 1. The van der Waals surface area contributed by atoms with E-state index in [1.807, 2.05) is 30.0 Å². The average molecular weight is 549 g/mol. The Bertz CT molecular complexity index is 1280. The summed E-state index contributed by atoms with van der Waals surface area (Å²) >= 11 is 0. The van der Waals surface area contributed by atoms with Gasteiger partial charge in [-0.25, -0.2) is 17.6 Å². The minimum atomic E-state index is -3.04. The van der Waals surface area contributed by atoms with Crippen LogP contribution in [0.5, 0.6) is 0 Å². The minimum Gasteiger partial charge on any atom is -0.390 e. The molecule has 2 atom stereocenters. The van der Waals surface area contributed by atoms with Crippen molar-refractivity contribution >= 4 is 10.9 Å². The van der Waals surface area contributed by atoms with Crippen LogP contribution in [0.1, 0.15) is 36.1 Å². The van der Waals surface area contributed by atoms with E-state index in [2.05, 4.69) is 17.1 Å². The fourth-order valence-electron chi connectivity index (χ4n) is 5.46. The van der Waals surface area contributed by atoms with Crippen molar-refractivity contribution in [3.8, 4) is 6.07 Å². The van der Waals surface area contributed by atoms with Gasteiger partial charge in [0.05, 0.1) is 25.2 Å². The quantitative estimate of drug-likeness (QED) is 0.370. The second kappa shape index (κ2) is 12.5. The third-order valence-electron chi connectivity index (χ3n) is 7.50. The Morgan fingerprint density at radius 2 is 1.85 bits per heavy atom. The van der Waals surface area contributed by atoms with Crippen molar-refractivity contribution in [3.63, 3.8) is 0 Å². The smallest absolute Gasteiger partial charge is 0.283 e. The fourth-order valence-corrected chi connectivity index (χ4v) is 5.46. The molecule has 0 bridgehead atoms. The van der Waals surface area contributed by atoms with Gasteiger partial charge in [0, 0.05) is 60.8 Å². The number of hydrogen-bond donors (Lipinski definition) is 2. The highest BCUT2D eigenvalue weighted by Gasteiger charge is 2.36. The van der Waals surface area contributed by atoms with E-state index < -0.39 is 36.6 Å². The zero-order valence-electron chi connectivity index (χ0n) is 21.8. The van der Waals surface area contributed by atoms with Crippen LogP contribution in [0.4, 0.5) is 22.0 Å². The standard InChI is InChI=1S/C15H18F2N2O.C14H15F3N2/c1-10-6-12-11-4-2-3-5-13(11)18-14(12)7-19(10)8-15(16,17)9-20;15-2-1-3-19-8-11(9-19)14(7-18)10-4-12(16)6-13(17)5-10/h2-5,10,18,20H,6-9H2,1H3;4-6,11,14H,1-3,8-9H2. The second-order valence-electron chi connectivity index (χ2n) is 10.5. The van der Waals surface area contributed by atoms with Gasteiger partial charge in [-0.15, -0.1) is 0 Å². The van der Waals surface area contributed by atoms with Crippen molar-refractivity contribution in [1.82, 2.24) is 14.8 Å². The van der Waals surface area contributed by atoms with Crippen LogP contribution in [0.2, 0.25) is 0 Å². The van der Waals surface area contributed by atoms with E-state index in [1.54, 1.807) is 4.90 Å². The van der Waals surface area contributed by atoms with E-state index in [0.717, 1.165) is 23.7 Å². The predicted molar refractivity (Wildman–Crippen MR) is 139 cm³/mol. The van der Waals surface area contributed by atoms with E-state index in [4.69, 9.17) is 5.11 Å². The van der Waals surface area contributed by atoms with Gasteiger partial charge >= 0.3 is 0 Å². The van der Waals surface area contributed by atoms with E-state index in [0.29, 0.717) is 38.2 Å². The summed E-state index contributed by atoms with van der Waals surface area (Å²) in [6.45, 7) is 2.60. The summed E-state index contributed by atoms with van der Waals surface area (Å²) in [5, 5.41) is 19.1. The Labute approximate surface area is 224 Å². The van der Waals surface area contributed by atoms with Gasteiger partial charge in [-0.05, 0) is 49.1 Å². The third kappa shape index (κ3) is 6.96. The Morgan fingerprint density at radius 3 is 2.49 bits per heavy atom. The maximum atomic E-state index is 13.4. The molecule has 3 heterocycles. The number of nitrogens with zero attached hydrogens (tertiary/aromatic N) is 3. The molecule has 5 rings (SSSR count). The predicted octanol–water partition coefficient (Wildman–Crippen LogP) is 5.41. The number of hydrogen-bond acceptors (Lipinski definition) is 4. The highest BCUT2D eigenvalue weighted by Crippen LogP contribution is 2.33. The monoisotopic (exact) mass is 548 g/mol. The van der Waals surface area contributed by atoms with Crippen LogP contribution in [-0.2, 0) is 13.0 Å². The molecule has 1 saturated heterocycles. The number of fused-ring (bicyclic) bond motifs is 3. The van der Waals surface area contributed by atoms with Crippen LogP contribution < -0.4 is 0 Å². The van der Waals surface area contributed by atoms with Crippen molar-refractivity contribution in [3.05, 3.63) is 70.9 Å². The Balaban J connectivity index is 0.000000181. The number of aromatic amines is 1. The van der Waals surface area contributed by atoms with E-state index in [-0.39, 0.29) is 18.6 Å². The number of halogens is 5. The number of benzene rings is 2. The summed E-state index contributed by atoms with van der Waals surface area (Å²) in [7, 11) is 0. The van der Waals surface area contributed by atoms with Crippen LogP contribution in [0.15, 0.2) is 42.5 Å². The first-order valence-corrected chi connectivity index (χ1v) is 13.1. The molecule has 3 aromatic rings. The number of nitriles is 1. The molecule has 1 fully saturated rings. The molecule has 0 aliphatic carbocycles. The first kappa shape index (κ1) is 29.0. The van der Waals surface area contributed by atoms with Gasteiger partial charge in [0.25, 0.3) is 5.92 Å². The summed E-state index contributed by atoms with van der Waals surface area (Å²) in [4.78, 5) is 7.10. The molecule has 10 heteroatoms. The lowest BCUT2D eigenvalue weighted by Gasteiger charge is -2.41. The highest BCUT2D eigenvalue weighted by atomic mass is 19.3. The third-order valence-corrected chi connectivity index (χ3v) is 7.50. The second-order valence-corrected chi connectivity index (χ2v) is 10.5.